The Labute approximate surface area is 120 Å². The molecule has 20 heavy (non-hydrogen) atoms. The average Bonchev–Trinajstić information content (AvgIpc) is 2.46. The third-order valence-corrected chi connectivity index (χ3v) is 3.70. The van der Waals surface area contributed by atoms with Gasteiger partial charge in [0.15, 0.2) is 0 Å². The number of esters is 1. The van der Waals surface area contributed by atoms with Gasteiger partial charge in [0.2, 0.25) is 0 Å². The van der Waals surface area contributed by atoms with Crippen molar-refractivity contribution in [2.75, 3.05) is 6.61 Å². The van der Waals surface area contributed by atoms with Gasteiger partial charge in [0.05, 0.1) is 18.2 Å². The predicted octanol–water partition coefficient (Wildman–Crippen LogP) is 2.00. The number of nitrogens with one attached hydrogen (secondary N) is 1. The van der Waals surface area contributed by atoms with Crippen LogP contribution in [0.5, 0.6) is 0 Å². The van der Waals surface area contributed by atoms with Gasteiger partial charge in [0, 0.05) is 18.8 Å². The van der Waals surface area contributed by atoms with E-state index in [1.54, 1.807) is 6.20 Å². The fourth-order valence-electron chi connectivity index (χ4n) is 2.70. The normalized spacial score (nSPS) is 22.5. The molecule has 5 heteroatoms. The quantitative estimate of drug-likeness (QED) is 0.834. The average molecular weight is 277 g/mol. The highest BCUT2D eigenvalue weighted by atomic mass is 16.5. The monoisotopic (exact) mass is 277 g/mol. The van der Waals surface area contributed by atoms with E-state index in [1.807, 2.05) is 19.9 Å². The van der Waals surface area contributed by atoms with E-state index in [0.717, 1.165) is 43.7 Å². The molecular weight excluding hydrogens is 254 g/mol. The lowest BCUT2D eigenvalue weighted by atomic mass is 9.85. The summed E-state index contributed by atoms with van der Waals surface area (Å²) < 4.78 is 5.12. The Balaban J connectivity index is 1.82. The van der Waals surface area contributed by atoms with Crippen LogP contribution in [0.4, 0.5) is 0 Å². The molecule has 0 aliphatic heterocycles. The van der Waals surface area contributed by atoms with E-state index in [9.17, 15) is 4.79 Å². The second kappa shape index (κ2) is 7.33. The molecule has 0 spiro atoms. The Morgan fingerprint density at radius 2 is 2.35 bits per heavy atom. The van der Waals surface area contributed by atoms with Crippen molar-refractivity contribution in [3.63, 3.8) is 0 Å². The van der Waals surface area contributed by atoms with Gasteiger partial charge in [0.1, 0.15) is 5.82 Å². The summed E-state index contributed by atoms with van der Waals surface area (Å²) in [6.45, 7) is 4.94. The molecule has 0 saturated heterocycles. The van der Waals surface area contributed by atoms with Crippen LogP contribution >= 0.6 is 0 Å². The highest BCUT2D eigenvalue weighted by molar-refractivity contribution is 5.72. The summed E-state index contributed by atoms with van der Waals surface area (Å²) in [6.07, 6.45) is 5.78. The van der Waals surface area contributed by atoms with Gasteiger partial charge in [-0.25, -0.2) is 9.97 Å². The fraction of sp³-hybridized carbons (Fsp3) is 0.667. The molecule has 1 fully saturated rings. The van der Waals surface area contributed by atoms with Gasteiger partial charge in [0.25, 0.3) is 0 Å². The van der Waals surface area contributed by atoms with Crippen LogP contribution in [0.2, 0.25) is 0 Å². The maximum Gasteiger partial charge on any atom is 0.308 e. The van der Waals surface area contributed by atoms with E-state index in [2.05, 4.69) is 15.3 Å². The Kier molecular flexibility index (Phi) is 5.47. The molecule has 1 aromatic rings. The minimum absolute atomic E-state index is 0.0446. The SMILES string of the molecule is CCOC(=O)C1CCCC(NCc2ccnc(C)n2)C1. The lowest BCUT2D eigenvalue weighted by Crippen LogP contribution is -2.36. The largest absolute Gasteiger partial charge is 0.466 e. The van der Waals surface area contributed by atoms with Crippen LogP contribution in [-0.2, 0) is 16.1 Å². The van der Waals surface area contributed by atoms with Crippen molar-refractivity contribution < 1.29 is 9.53 Å². The number of nitrogens with zero attached hydrogens (tertiary/aromatic N) is 2. The molecule has 0 aromatic carbocycles. The first kappa shape index (κ1) is 14.9. The third-order valence-electron chi connectivity index (χ3n) is 3.70. The Hall–Kier alpha value is -1.49. The smallest absolute Gasteiger partial charge is 0.308 e. The molecule has 1 aromatic heterocycles. The second-order valence-corrected chi connectivity index (χ2v) is 5.29. The van der Waals surface area contributed by atoms with Crippen molar-refractivity contribution in [3.8, 4) is 0 Å². The highest BCUT2D eigenvalue weighted by Gasteiger charge is 2.27. The van der Waals surface area contributed by atoms with Crippen molar-refractivity contribution in [2.24, 2.45) is 5.92 Å². The minimum Gasteiger partial charge on any atom is -0.466 e. The standard InChI is InChI=1S/C15H23N3O2/c1-3-20-15(19)12-5-4-6-13(9-12)17-10-14-7-8-16-11(2)18-14/h7-8,12-13,17H,3-6,9-10H2,1-2H3. The zero-order valence-electron chi connectivity index (χ0n) is 12.3. The molecule has 1 N–H and O–H groups in total. The van der Waals surface area contributed by atoms with Crippen molar-refractivity contribution in [1.29, 1.82) is 0 Å². The molecule has 1 saturated carbocycles. The Morgan fingerprint density at radius 3 is 3.10 bits per heavy atom. The third kappa shape index (κ3) is 4.27. The molecule has 2 atom stereocenters. The molecule has 1 heterocycles. The van der Waals surface area contributed by atoms with Crippen molar-refractivity contribution in [2.45, 2.75) is 52.1 Å². The van der Waals surface area contributed by atoms with E-state index in [1.165, 1.54) is 0 Å². The first-order chi connectivity index (χ1) is 9.69. The number of aromatic nitrogens is 2. The van der Waals surface area contributed by atoms with Crippen LogP contribution in [0.1, 0.15) is 44.1 Å². The molecule has 2 unspecified atom stereocenters. The van der Waals surface area contributed by atoms with Gasteiger partial charge in [-0.05, 0) is 39.2 Å². The highest BCUT2D eigenvalue weighted by Crippen LogP contribution is 2.25. The molecule has 1 aliphatic rings. The predicted molar refractivity (Wildman–Crippen MR) is 76.0 cm³/mol. The van der Waals surface area contributed by atoms with Gasteiger partial charge < -0.3 is 10.1 Å². The summed E-state index contributed by atoms with van der Waals surface area (Å²) in [4.78, 5) is 20.3. The number of hydrogen-bond donors (Lipinski definition) is 1. The summed E-state index contributed by atoms with van der Waals surface area (Å²) >= 11 is 0. The van der Waals surface area contributed by atoms with Crippen LogP contribution in [0.3, 0.4) is 0 Å². The number of rotatable bonds is 5. The molecule has 0 radical (unpaired) electrons. The van der Waals surface area contributed by atoms with E-state index in [-0.39, 0.29) is 11.9 Å². The molecule has 0 amide bonds. The van der Waals surface area contributed by atoms with E-state index >= 15 is 0 Å². The van der Waals surface area contributed by atoms with Crippen LogP contribution in [0, 0.1) is 12.8 Å². The van der Waals surface area contributed by atoms with Crippen LogP contribution in [-0.4, -0.2) is 28.6 Å². The summed E-state index contributed by atoms with van der Waals surface area (Å²) in [5.41, 5.74) is 0.996. The number of ether oxygens (including phenoxy) is 1. The van der Waals surface area contributed by atoms with Gasteiger partial charge in [-0.1, -0.05) is 6.42 Å². The van der Waals surface area contributed by atoms with E-state index < -0.39 is 0 Å². The number of hydrogen-bond acceptors (Lipinski definition) is 5. The van der Waals surface area contributed by atoms with Crippen LogP contribution in [0.15, 0.2) is 12.3 Å². The zero-order chi connectivity index (χ0) is 14.4. The van der Waals surface area contributed by atoms with E-state index in [4.69, 9.17) is 4.74 Å². The van der Waals surface area contributed by atoms with Gasteiger partial charge >= 0.3 is 5.97 Å². The summed E-state index contributed by atoms with van der Waals surface area (Å²) in [7, 11) is 0. The Morgan fingerprint density at radius 1 is 1.50 bits per heavy atom. The molecule has 110 valence electrons. The maximum atomic E-state index is 11.8. The molecule has 2 rings (SSSR count). The first-order valence-corrected chi connectivity index (χ1v) is 7.37. The molecule has 5 nitrogen and oxygen atoms in total. The lowest BCUT2D eigenvalue weighted by molar-refractivity contribution is -0.149. The van der Waals surface area contributed by atoms with Crippen molar-refractivity contribution in [1.82, 2.24) is 15.3 Å². The summed E-state index contributed by atoms with van der Waals surface area (Å²) in [6, 6.07) is 2.29. The summed E-state index contributed by atoms with van der Waals surface area (Å²) in [5.74, 6) is 0.794. The molecular formula is C15H23N3O2. The van der Waals surface area contributed by atoms with Gasteiger partial charge in [-0.2, -0.15) is 0 Å². The van der Waals surface area contributed by atoms with Gasteiger partial charge in [-0.15, -0.1) is 0 Å². The maximum absolute atomic E-state index is 11.8. The minimum atomic E-state index is -0.0446. The molecule has 1 aliphatic carbocycles. The van der Waals surface area contributed by atoms with Crippen molar-refractivity contribution >= 4 is 5.97 Å². The molecule has 0 bridgehead atoms. The first-order valence-electron chi connectivity index (χ1n) is 7.37. The van der Waals surface area contributed by atoms with Crippen molar-refractivity contribution in [3.05, 3.63) is 23.8 Å². The van der Waals surface area contributed by atoms with Crippen LogP contribution in [0.25, 0.3) is 0 Å². The lowest BCUT2D eigenvalue weighted by Gasteiger charge is -2.28. The van der Waals surface area contributed by atoms with E-state index in [0.29, 0.717) is 12.6 Å². The second-order valence-electron chi connectivity index (χ2n) is 5.29. The zero-order valence-corrected chi connectivity index (χ0v) is 12.3. The van der Waals surface area contributed by atoms with Gasteiger partial charge in [-0.3, -0.25) is 4.79 Å². The number of carbonyl (C=O) groups is 1. The Bertz CT molecular complexity index is 450. The number of carbonyl (C=O) groups excluding carboxylic acids is 1. The van der Waals surface area contributed by atoms with Crippen LogP contribution < -0.4 is 5.32 Å². The fourth-order valence-corrected chi connectivity index (χ4v) is 2.70. The topological polar surface area (TPSA) is 64.1 Å². The number of aryl methyl sites for hydroxylation is 1. The summed E-state index contributed by atoms with van der Waals surface area (Å²) in [5, 5.41) is 3.49.